The van der Waals surface area contributed by atoms with Crippen molar-refractivity contribution in [2.45, 2.75) is 72.8 Å². The molecule has 384 valence electrons. The summed E-state index contributed by atoms with van der Waals surface area (Å²) in [6.07, 6.45) is 2.42. The van der Waals surface area contributed by atoms with Gasteiger partial charge in [-0.25, -0.2) is 37.3 Å². The standard InChI is InChI=1S/C27H26Cl2FN3O4.C25H22Cl2FN3O4.Li.H2O/c1-5-36-25(34)23-20-15-32(26(35)37-27(2,3)4)14-17(12-16-6-9-19(30)10-7-16)24(20)33(31-23)22-11-8-18(28)13-21(22)29;1-25(2,3)35-24(34)30-12-15(10-14-4-7-17(28)8-5-14)22-18(13-30)21(23(32)33)29-31(22)20-9-6-16(26)11-19(20)27;;/h6-13H,5,14-15H2,1-4H3;4-11H,12-13H2,1-3H3,(H,32,33);;1H2/q;;+1;/p-1/b17-12+;15-10+;;. The molecule has 6 aromatic rings. The number of aromatic carboxylic acids is 1. The van der Waals surface area contributed by atoms with E-state index in [-0.39, 0.29) is 79.4 Å². The Morgan fingerprint density at radius 3 is 1.35 bits per heavy atom. The molecule has 0 fully saturated rings. The first kappa shape index (κ1) is 58.7. The van der Waals surface area contributed by atoms with Crippen molar-refractivity contribution in [3.05, 3.63) is 162 Å². The molecule has 2 aromatic heterocycles. The quantitative estimate of drug-likeness (QED) is 0.0910. The number of fused-ring (bicyclic) bond motifs is 2. The summed E-state index contributed by atoms with van der Waals surface area (Å²) < 4.78 is 46.5. The van der Waals surface area contributed by atoms with Gasteiger partial charge in [-0.2, -0.15) is 10.2 Å². The fraction of sp³-hybridized carbons (Fsp3) is 0.269. The molecule has 0 unspecified atom stereocenters. The van der Waals surface area contributed by atoms with Crippen LogP contribution in [0.2, 0.25) is 20.1 Å². The Hall–Kier alpha value is -6.16. The third-order valence-electron chi connectivity index (χ3n) is 10.7. The number of amides is 2. The summed E-state index contributed by atoms with van der Waals surface area (Å²) in [7, 11) is 0. The number of halogens is 6. The number of hydrogen-bond donors (Lipinski definition) is 1. The minimum absolute atomic E-state index is 0. The van der Waals surface area contributed by atoms with Crippen molar-refractivity contribution in [2.24, 2.45) is 0 Å². The van der Waals surface area contributed by atoms with Gasteiger partial charge in [0.25, 0.3) is 0 Å². The van der Waals surface area contributed by atoms with Crippen LogP contribution < -0.4 is 18.9 Å². The number of aromatic nitrogens is 4. The van der Waals surface area contributed by atoms with Crippen molar-refractivity contribution in [3.63, 3.8) is 0 Å². The number of esters is 1. The average molecular weight is 1090 g/mol. The van der Waals surface area contributed by atoms with Gasteiger partial charge < -0.3 is 24.8 Å². The Balaban J connectivity index is 0.000000267. The molecule has 15 nitrogen and oxygen atoms in total. The molecule has 2 amide bonds. The van der Waals surface area contributed by atoms with Gasteiger partial charge in [0.2, 0.25) is 0 Å². The number of rotatable bonds is 7. The van der Waals surface area contributed by atoms with Crippen LogP contribution in [0.5, 0.6) is 0 Å². The van der Waals surface area contributed by atoms with E-state index < -0.39 is 41.1 Å². The van der Waals surface area contributed by atoms with Gasteiger partial charge in [-0.15, -0.1) is 0 Å². The van der Waals surface area contributed by atoms with Crippen molar-refractivity contribution >= 4 is 93.8 Å². The molecule has 4 aromatic carbocycles. The van der Waals surface area contributed by atoms with Crippen LogP contribution in [0, 0.1) is 11.6 Å². The molecule has 2 aliphatic heterocycles. The van der Waals surface area contributed by atoms with Gasteiger partial charge in [0.1, 0.15) is 22.8 Å². The molecule has 0 radical (unpaired) electrons. The Kier molecular flexibility index (Phi) is 19.1. The van der Waals surface area contributed by atoms with Crippen molar-refractivity contribution < 1.29 is 71.6 Å². The van der Waals surface area contributed by atoms with Gasteiger partial charge in [-0.3, -0.25) is 9.80 Å². The summed E-state index contributed by atoms with van der Waals surface area (Å²) in [5.41, 5.74) is 3.75. The number of carbonyl (C=O) groups excluding carboxylic acids is 3. The van der Waals surface area contributed by atoms with Gasteiger partial charge in [-0.1, -0.05) is 70.7 Å². The topological polar surface area (TPSA) is 188 Å². The van der Waals surface area contributed by atoms with E-state index in [1.807, 2.05) is 6.08 Å². The second-order valence-electron chi connectivity index (χ2n) is 18.5. The summed E-state index contributed by atoms with van der Waals surface area (Å²) in [6.45, 7) is 12.7. The zero-order chi connectivity index (χ0) is 52.4. The molecule has 74 heavy (non-hydrogen) atoms. The first-order valence-electron chi connectivity index (χ1n) is 22.3. The molecule has 0 atom stereocenters. The molecule has 2 N–H and O–H groups in total. The number of carboxylic acid groups (broad SMARTS) is 1. The maximum absolute atomic E-state index is 13.6. The van der Waals surface area contributed by atoms with Gasteiger partial charge in [0.05, 0.1) is 65.6 Å². The predicted molar refractivity (Wildman–Crippen MR) is 274 cm³/mol. The SMILES string of the molecule is CC(C)(C)OC(=O)N1C/C(=C\c2ccc(F)cc2)c2c(c(C(=O)O)nn2-c2ccc(Cl)cc2Cl)C1.CCOC(=O)c1nn(-c2ccc(Cl)cc2Cl)c2c1CN(C(=O)OC(C)(C)C)C/C2=C\c1ccc(F)cc1.[Li+].[OH-]. The van der Waals surface area contributed by atoms with Crippen LogP contribution in [-0.2, 0) is 27.3 Å². The van der Waals surface area contributed by atoms with Crippen molar-refractivity contribution in [3.8, 4) is 11.4 Å². The summed E-state index contributed by atoms with van der Waals surface area (Å²) >= 11 is 25.1. The van der Waals surface area contributed by atoms with E-state index >= 15 is 0 Å². The molecule has 2 aliphatic rings. The fourth-order valence-electron chi connectivity index (χ4n) is 7.76. The van der Waals surface area contributed by atoms with E-state index in [1.54, 1.807) is 114 Å². The van der Waals surface area contributed by atoms with Crippen molar-refractivity contribution in [1.82, 2.24) is 29.4 Å². The molecule has 0 aliphatic carbocycles. The van der Waals surface area contributed by atoms with Crippen LogP contribution in [-0.4, -0.2) is 95.0 Å². The minimum Gasteiger partial charge on any atom is -0.870 e. The van der Waals surface area contributed by atoms with E-state index in [0.717, 1.165) is 0 Å². The van der Waals surface area contributed by atoms with Gasteiger partial charge in [0.15, 0.2) is 11.4 Å². The van der Waals surface area contributed by atoms with Crippen molar-refractivity contribution in [2.75, 3.05) is 19.7 Å². The third kappa shape index (κ3) is 14.0. The molecule has 0 saturated carbocycles. The minimum atomic E-state index is -1.25. The molecule has 0 bridgehead atoms. The van der Waals surface area contributed by atoms with E-state index in [1.165, 1.54) is 44.8 Å². The summed E-state index contributed by atoms with van der Waals surface area (Å²) in [4.78, 5) is 54.0. The van der Waals surface area contributed by atoms with Crippen LogP contribution in [0.15, 0.2) is 84.9 Å². The average Bonchev–Trinajstić information content (AvgIpc) is 3.87. The first-order valence-corrected chi connectivity index (χ1v) is 23.8. The number of ether oxygens (including phenoxy) is 3. The van der Waals surface area contributed by atoms with Crippen molar-refractivity contribution in [1.29, 1.82) is 0 Å². The molecule has 0 spiro atoms. The van der Waals surface area contributed by atoms with Crippen LogP contribution in [0.3, 0.4) is 0 Å². The maximum Gasteiger partial charge on any atom is 1.00 e. The molecule has 4 heterocycles. The largest absolute Gasteiger partial charge is 1.00 e. The summed E-state index contributed by atoms with van der Waals surface area (Å²) in [5, 5.41) is 20.3. The van der Waals surface area contributed by atoms with Gasteiger partial charge >= 0.3 is 43.0 Å². The Morgan fingerprint density at radius 2 is 1.00 bits per heavy atom. The Bertz CT molecular complexity index is 3150. The second kappa shape index (κ2) is 24.0. The summed E-state index contributed by atoms with van der Waals surface area (Å²) in [5.74, 6) is -2.64. The maximum atomic E-state index is 13.6. The predicted octanol–water partition coefficient (Wildman–Crippen LogP) is 9.92. The number of carbonyl (C=O) groups is 4. The Labute approximate surface area is 457 Å². The number of hydrogen-bond acceptors (Lipinski definition) is 10. The zero-order valence-electron chi connectivity index (χ0n) is 41.5. The number of nitrogens with zero attached hydrogens (tertiary/aromatic N) is 6. The normalized spacial score (nSPS) is 14.2. The first-order chi connectivity index (χ1) is 33.9. The second-order valence-corrected chi connectivity index (χ2v) is 20.2. The van der Waals surface area contributed by atoms with Crippen LogP contribution in [0.4, 0.5) is 18.4 Å². The van der Waals surface area contributed by atoms with E-state index in [4.69, 9.17) is 60.6 Å². The molecule has 0 saturated heterocycles. The van der Waals surface area contributed by atoms with E-state index in [0.29, 0.717) is 71.2 Å². The van der Waals surface area contributed by atoms with E-state index in [2.05, 4.69) is 10.2 Å². The zero-order valence-corrected chi connectivity index (χ0v) is 44.5. The molecule has 8 rings (SSSR count). The summed E-state index contributed by atoms with van der Waals surface area (Å²) in [6, 6.07) is 21.5. The molecular formula is C52H49Cl4F2LiN6O9. The van der Waals surface area contributed by atoms with Crippen LogP contribution in [0.25, 0.3) is 34.7 Å². The fourth-order valence-corrected chi connectivity index (χ4v) is 8.74. The van der Waals surface area contributed by atoms with Crippen LogP contribution >= 0.6 is 46.4 Å². The molecule has 22 heteroatoms. The molecular weight excluding hydrogens is 1040 g/mol. The van der Waals surface area contributed by atoms with E-state index in [9.17, 15) is 33.1 Å². The number of carboxylic acids is 1. The Morgan fingerprint density at radius 1 is 0.622 bits per heavy atom. The number of benzene rings is 4. The third-order valence-corrected chi connectivity index (χ3v) is 11.7. The smallest absolute Gasteiger partial charge is 0.870 e. The monoisotopic (exact) mass is 1090 g/mol. The van der Waals surface area contributed by atoms with Gasteiger partial charge in [0, 0.05) is 21.2 Å². The van der Waals surface area contributed by atoms with Gasteiger partial charge in [-0.05, 0) is 144 Å². The van der Waals surface area contributed by atoms with Crippen LogP contribution in [0.1, 0.15) is 103 Å².